The zero-order chi connectivity index (χ0) is 25.0. The fourth-order valence-corrected chi connectivity index (χ4v) is 3.70. The number of halogens is 4. The number of hydrogen-bond acceptors (Lipinski definition) is 5. The Balaban J connectivity index is 1.93. The molecule has 0 aliphatic carbocycles. The summed E-state index contributed by atoms with van der Waals surface area (Å²) in [4.78, 5) is 44.1. The fourth-order valence-electron chi connectivity index (χ4n) is 3.56. The summed E-state index contributed by atoms with van der Waals surface area (Å²) in [6.45, 7) is 3.30. The van der Waals surface area contributed by atoms with Crippen LogP contribution < -0.4 is 4.90 Å². The maximum absolute atomic E-state index is 14.5. The van der Waals surface area contributed by atoms with Gasteiger partial charge in [0.1, 0.15) is 12.6 Å². The summed E-state index contributed by atoms with van der Waals surface area (Å²) in [6.07, 6.45) is -1.55. The molecule has 1 aliphatic heterocycles. The van der Waals surface area contributed by atoms with Crippen LogP contribution in [0.15, 0.2) is 48.7 Å². The molecular formula is C23H21ClF3N3O4. The van der Waals surface area contributed by atoms with E-state index in [0.29, 0.717) is 5.56 Å². The quantitative estimate of drug-likeness (QED) is 0.407. The van der Waals surface area contributed by atoms with Crippen molar-refractivity contribution in [1.29, 1.82) is 0 Å². The number of pyridine rings is 1. The van der Waals surface area contributed by atoms with E-state index >= 15 is 0 Å². The predicted molar refractivity (Wildman–Crippen MR) is 118 cm³/mol. The van der Waals surface area contributed by atoms with Crippen molar-refractivity contribution < 1.29 is 32.3 Å². The van der Waals surface area contributed by atoms with E-state index in [1.54, 1.807) is 0 Å². The number of piperazine rings is 1. The summed E-state index contributed by atoms with van der Waals surface area (Å²) in [5, 5.41) is 0.0185. The number of benzene rings is 1. The lowest BCUT2D eigenvalue weighted by molar-refractivity contribution is -0.142. The van der Waals surface area contributed by atoms with Crippen molar-refractivity contribution in [2.45, 2.75) is 31.9 Å². The Kier molecular flexibility index (Phi) is 7.93. The van der Waals surface area contributed by atoms with E-state index in [-0.39, 0.29) is 41.4 Å². The highest BCUT2D eigenvalue weighted by Gasteiger charge is 2.42. The number of carbonyl (C=O) groups excluding carboxylic acids is 3. The number of rotatable bonds is 8. The number of amides is 2. The van der Waals surface area contributed by atoms with E-state index in [0.717, 1.165) is 17.2 Å². The van der Waals surface area contributed by atoms with Gasteiger partial charge in [0.2, 0.25) is 5.91 Å². The maximum atomic E-state index is 14.5. The Morgan fingerprint density at radius 1 is 1.26 bits per heavy atom. The minimum Gasteiger partial charge on any atom is -0.469 e. The third-order valence-corrected chi connectivity index (χ3v) is 5.53. The molecule has 34 heavy (non-hydrogen) atoms. The maximum Gasteiger partial charge on any atom is 0.305 e. The second-order valence-corrected chi connectivity index (χ2v) is 8.02. The zero-order valence-electron chi connectivity index (χ0n) is 18.1. The number of aromatic nitrogens is 1. The highest BCUT2D eigenvalue weighted by Crippen LogP contribution is 2.29. The summed E-state index contributed by atoms with van der Waals surface area (Å²) in [5.41, 5.74) is 0.548. The van der Waals surface area contributed by atoms with Crippen LogP contribution in [-0.2, 0) is 25.7 Å². The van der Waals surface area contributed by atoms with E-state index in [9.17, 15) is 27.6 Å². The molecule has 0 bridgehead atoms. The Morgan fingerprint density at radius 2 is 1.94 bits per heavy atom. The Bertz CT molecular complexity index is 1110. The number of hydrogen-bond donors (Lipinski definition) is 0. The van der Waals surface area contributed by atoms with Gasteiger partial charge in [-0.1, -0.05) is 42.4 Å². The molecule has 1 aromatic heterocycles. The number of ether oxygens (including phenoxy) is 1. The average Bonchev–Trinajstić information content (AvgIpc) is 2.80. The highest BCUT2D eigenvalue weighted by molar-refractivity contribution is 6.30. The van der Waals surface area contributed by atoms with Gasteiger partial charge in [-0.3, -0.25) is 19.3 Å². The Hall–Kier alpha value is -3.40. The van der Waals surface area contributed by atoms with Crippen LogP contribution in [0.1, 0.15) is 30.4 Å². The molecule has 1 atom stereocenters. The van der Waals surface area contributed by atoms with Crippen LogP contribution in [-0.4, -0.2) is 47.4 Å². The van der Waals surface area contributed by atoms with E-state index in [2.05, 4.69) is 16.3 Å². The topological polar surface area (TPSA) is 79.8 Å². The third kappa shape index (κ3) is 5.56. The van der Waals surface area contributed by atoms with Crippen LogP contribution in [0.4, 0.5) is 19.0 Å². The number of carbonyl (C=O) groups is 3. The van der Waals surface area contributed by atoms with Crippen LogP contribution in [0.3, 0.4) is 0 Å². The molecule has 180 valence electrons. The van der Waals surface area contributed by atoms with E-state index in [1.165, 1.54) is 36.3 Å². The molecule has 2 aromatic rings. The molecule has 2 heterocycles. The number of nitrogens with zero attached hydrogens (tertiary/aromatic N) is 3. The highest BCUT2D eigenvalue weighted by atomic mass is 35.5. The second kappa shape index (κ2) is 10.7. The number of esters is 1. The summed E-state index contributed by atoms with van der Waals surface area (Å²) >= 11 is 5.74. The minimum atomic E-state index is -2.64. The van der Waals surface area contributed by atoms with Gasteiger partial charge >= 0.3 is 5.97 Å². The minimum absolute atomic E-state index is 0.0185. The normalized spacial score (nSPS) is 16.2. The van der Waals surface area contributed by atoms with Gasteiger partial charge in [-0.15, -0.1) is 0 Å². The molecule has 7 nitrogen and oxygen atoms in total. The van der Waals surface area contributed by atoms with Crippen LogP contribution in [0.2, 0.25) is 5.02 Å². The van der Waals surface area contributed by atoms with Crippen molar-refractivity contribution in [3.05, 3.63) is 70.6 Å². The Morgan fingerprint density at radius 3 is 2.53 bits per heavy atom. The molecule has 1 aliphatic rings. The van der Waals surface area contributed by atoms with Crippen LogP contribution in [0, 0.1) is 5.82 Å². The van der Waals surface area contributed by atoms with Crippen molar-refractivity contribution in [3.8, 4) is 0 Å². The van der Waals surface area contributed by atoms with Crippen molar-refractivity contribution in [2.24, 2.45) is 0 Å². The molecular weight excluding hydrogens is 475 g/mol. The average molecular weight is 496 g/mol. The first kappa shape index (κ1) is 25.2. The molecule has 1 fully saturated rings. The van der Waals surface area contributed by atoms with E-state index < -0.39 is 42.6 Å². The molecule has 0 spiro atoms. The molecule has 0 saturated carbocycles. The molecule has 0 radical (unpaired) electrons. The fraction of sp³-hybridized carbons (Fsp3) is 0.304. The monoisotopic (exact) mass is 495 g/mol. The van der Waals surface area contributed by atoms with Gasteiger partial charge in [0.25, 0.3) is 12.3 Å². The Labute approximate surface area is 198 Å². The van der Waals surface area contributed by atoms with Crippen LogP contribution >= 0.6 is 11.6 Å². The summed E-state index contributed by atoms with van der Waals surface area (Å²) in [5.74, 6) is -3.00. The lowest BCUT2D eigenvalue weighted by Gasteiger charge is -2.40. The molecule has 1 unspecified atom stereocenters. The van der Waals surface area contributed by atoms with Crippen molar-refractivity contribution in [1.82, 2.24) is 9.88 Å². The van der Waals surface area contributed by atoms with E-state index in [1.807, 2.05) is 0 Å². The van der Waals surface area contributed by atoms with Gasteiger partial charge in [-0.25, -0.2) is 18.2 Å². The van der Waals surface area contributed by atoms with Crippen LogP contribution in [0.5, 0.6) is 0 Å². The first-order valence-corrected chi connectivity index (χ1v) is 10.5. The first-order valence-electron chi connectivity index (χ1n) is 10.2. The van der Waals surface area contributed by atoms with Gasteiger partial charge in [0, 0.05) is 24.7 Å². The molecule has 0 N–H and O–H groups in total. The number of anilines is 1. The standard InChI is InChI=1S/C23H21ClF3N3O4/c1-13(3-8-19(32)34-2)20-23(33)30(22-17(25)9-16(24)10-28-22)12-18(31)29(20)11-14-4-6-15(7-5-14)21(26)27/h4-7,9-10,20-21H,1,3,8,11-12H2,2H3. The summed E-state index contributed by atoms with van der Waals surface area (Å²) in [7, 11) is 1.21. The largest absolute Gasteiger partial charge is 0.469 e. The molecule has 2 amide bonds. The predicted octanol–water partition coefficient (Wildman–Crippen LogP) is 4.07. The lowest BCUT2D eigenvalue weighted by Crippen LogP contribution is -2.60. The van der Waals surface area contributed by atoms with Gasteiger partial charge in [-0.2, -0.15) is 0 Å². The number of alkyl halides is 2. The van der Waals surface area contributed by atoms with Gasteiger partial charge in [0.05, 0.1) is 12.1 Å². The first-order chi connectivity index (χ1) is 16.1. The summed E-state index contributed by atoms with van der Waals surface area (Å²) in [6, 6.07) is 5.06. The SMILES string of the molecule is C=C(CCC(=O)OC)C1C(=O)N(c2ncc(Cl)cc2F)CC(=O)N1Cc1ccc(C(F)F)cc1. The van der Waals surface area contributed by atoms with Crippen molar-refractivity contribution in [3.63, 3.8) is 0 Å². The molecule has 1 aromatic carbocycles. The zero-order valence-corrected chi connectivity index (χ0v) is 18.9. The van der Waals surface area contributed by atoms with Gasteiger partial charge < -0.3 is 9.64 Å². The van der Waals surface area contributed by atoms with Crippen molar-refractivity contribution >= 4 is 35.2 Å². The second-order valence-electron chi connectivity index (χ2n) is 7.58. The van der Waals surface area contributed by atoms with E-state index in [4.69, 9.17) is 11.6 Å². The molecule has 1 saturated heterocycles. The van der Waals surface area contributed by atoms with Gasteiger partial charge in [0.15, 0.2) is 11.6 Å². The summed E-state index contributed by atoms with van der Waals surface area (Å²) < 4.78 is 44.9. The van der Waals surface area contributed by atoms with Crippen LogP contribution in [0.25, 0.3) is 0 Å². The smallest absolute Gasteiger partial charge is 0.305 e. The molecule has 11 heteroatoms. The number of methoxy groups -OCH3 is 1. The lowest BCUT2D eigenvalue weighted by atomic mass is 9.97. The van der Waals surface area contributed by atoms with Crippen molar-refractivity contribution in [2.75, 3.05) is 18.6 Å². The third-order valence-electron chi connectivity index (χ3n) is 5.32. The van der Waals surface area contributed by atoms with Gasteiger partial charge in [-0.05, 0) is 23.6 Å². The molecule has 3 rings (SSSR count).